The third kappa shape index (κ3) is 6.90. The van der Waals surface area contributed by atoms with Crippen LogP contribution < -0.4 is 20.3 Å². The summed E-state index contributed by atoms with van der Waals surface area (Å²) in [7, 11) is 1.61. The number of nitriles is 1. The van der Waals surface area contributed by atoms with E-state index in [0.29, 0.717) is 40.7 Å². The Balaban J connectivity index is 1.02. The van der Waals surface area contributed by atoms with Gasteiger partial charge in [-0.25, -0.2) is 9.97 Å². The molecule has 1 saturated carbocycles. The number of rotatable bonds is 10. The quantitative estimate of drug-likeness (QED) is 0.271. The Morgan fingerprint density at radius 1 is 1.04 bits per heavy atom. The van der Waals surface area contributed by atoms with E-state index < -0.39 is 0 Å². The molecule has 1 unspecified atom stereocenters. The van der Waals surface area contributed by atoms with Gasteiger partial charge >= 0.3 is 0 Å². The molecule has 50 heavy (non-hydrogen) atoms. The van der Waals surface area contributed by atoms with Crippen LogP contribution in [0.1, 0.15) is 106 Å². The fraction of sp³-hybridized carbons (Fsp3) is 0.605. The summed E-state index contributed by atoms with van der Waals surface area (Å²) in [5.41, 5.74) is 3.45. The van der Waals surface area contributed by atoms with Gasteiger partial charge in [-0.05, 0) is 82.2 Å². The van der Waals surface area contributed by atoms with Crippen LogP contribution in [0.15, 0.2) is 30.7 Å². The van der Waals surface area contributed by atoms with Crippen molar-refractivity contribution in [1.29, 1.82) is 5.26 Å². The predicted octanol–water partition coefficient (Wildman–Crippen LogP) is 5.81. The predicted molar refractivity (Wildman–Crippen MR) is 194 cm³/mol. The maximum absolute atomic E-state index is 13.4. The number of nitrogens with one attached hydrogen (secondary N) is 2. The summed E-state index contributed by atoms with van der Waals surface area (Å²) in [5, 5.41) is 16.5. The van der Waals surface area contributed by atoms with Gasteiger partial charge in [0, 0.05) is 43.3 Å². The first-order valence-electron chi connectivity index (χ1n) is 18.7. The highest BCUT2D eigenvalue weighted by Gasteiger charge is 2.39. The summed E-state index contributed by atoms with van der Waals surface area (Å²) >= 11 is 0. The van der Waals surface area contributed by atoms with Crippen LogP contribution in [-0.2, 0) is 0 Å². The van der Waals surface area contributed by atoms with Crippen molar-refractivity contribution in [2.24, 2.45) is 5.92 Å². The monoisotopic (exact) mass is 680 g/mol. The van der Waals surface area contributed by atoms with Gasteiger partial charge in [0.05, 0.1) is 30.7 Å². The number of carbonyl (C=O) groups excluding carboxylic acids is 1. The van der Waals surface area contributed by atoms with E-state index in [-0.39, 0.29) is 18.0 Å². The van der Waals surface area contributed by atoms with Gasteiger partial charge in [0.25, 0.3) is 5.91 Å². The molecule has 1 aromatic carbocycles. The molecule has 7 rings (SSSR count). The van der Waals surface area contributed by atoms with E-state index >= 15 is 0 Å². The molecule has 3 fully saturated rings. The number of methoxy groups -OCH3 is 1. The van der Waals surface area contributed by atoms with Crippen LogP contribution in [0.3, 0.4) is 0 Å². The van der Waals surface area contributed by atoms with Crippen molar-refractivity contribution in [3.63, 3.8) is 0 Å². The molecule has 0 radical (unpaired) electrons. The molecule has 1 atom stereocenters. The number of amides is 1. The van der Waals surface area contributed by atoms with Crippen molar-refractivity contribution in [3.05, 3.63) is 47.7 Å². The molecule has 5 heterocycles. The molecule has 2 N–H and O–H groups in total. The van der Waals surface area contributed by atoms with Crippen molar-refractivity contribution < 1.29 is 9.53 Å². The number of hydrogen-bond acceptors (Lipinski definition) is 10. The Hall–Kier alpha value is -4.21. The highest BCUT2D eigenvalue weighted by Crippen LogP contribution is 2.44. The van der Waals surface area contributed by atoms with Gasteiger partial charge in [-0.3, -0.25) is 9.36 Å². The van der Waals surface area contributed by atoms with Crippen molar-refractivity contribution in [2.75, 3.05) is 50.1 Å². The summed E-state index contributed by atoms with van der Waals surface area (Å²) in [4.78, 5) is 35.2. The minimum absolute atomic E-state index is 0.00199. The fourth-order valence-corrected chi connectivity index (χ4v) is 8.74. The standard InChI is InChI=1S/C38H52N10O2/c1-5-32-35-31(21-39)41-24-47(35)33-22-40-38(44-36(33)48(32)29-8-6-7-9-29)43-30-11-10-26(20-34(30)50-4)37(49)42-27-12-18-46(19-13-27)28-14-16-45(17-15-28)23-25(2)3/h10-11,20,22,24-25,27-29,32H,5-9,12-19,23H2,1-4H3,(H,42,49)(H,40,43,44). The summed E-state index contributed by atoms with van der Waals surface area (Å²) in [6.45, 7) is 12.4. The van der Waals surface area contributed by atoms with Gasteiger partial charge in [-0.15, -0.1) is 0 Å². The number of imidazole rings is 1. The fourth-order valence-electron chi connectivity index (χ4n) is 8.74. The lowest BCUT2D eigenvalue weighted by atomic mass is 9.97. The van der Waals surface area contributed by atoms with Gasteiger partial charge < -0.3 is 30.1 Å². The van der Waals surface area contributed by atoms with Crippen LogP contribution in [0.5, 0.6) is 5.75 Å². The smallest absolute Gasteiger partial charge is 0.251 e. The van der Waals surface area contributed by atoms with Crippen LogP contribution in [0, 0.1) is 17.2 Å². The molecule has 2 aromatic heterocycles. The Bertz CT molecular complexity index is 1690. The molecule has 1 amide bonds. The van der Waals surface area contributed by atoms with E-state index in [2.05, 4.69) is 62.1 Å². The van der Waals surface area contributed by atoms with Gasteiger partial charge in [-0.1, -0.05) is 33.6 Å². The number of benzene rings is 1. The minimum atomic E-state index is -0.0778. The van der Waals surface area contributed by atoms with E-state index in [1.807, 2.05) is 16.7 Å². The summed E-state index contributed by atoms with van der Waals surface area (Å²) in [5.74, 6) is 2.47. The zero-order chi connectivity index (χ0) is 34.8. The summed E-state index contributed by atoms with van der Waals surface area (Å²) < 4.78 is 7.74. The topological polar surface area (TPSA) is 127 Å². The molecule has 3 aliphatic heterocycles. The van der Waals surface area contributed by atoms with Crippen molar-refractivity contribution in [1.82, 2.24) is 34.6 Å². The van der Waals surface area contributed by atoms with Crippen LogP contribution in [0.4, 0.5) is 17.5 Å². The zero-order valence-electron chi connectivity index (χ0n) is 30.1. The number of fused-ring (bicyclic) bond motifs is 3. The van der Waals surface area contributed by atoms with Crippen molar-refractivity contribution >= 4 is 23.4 Å². The van der Waals surface area contributed by atoms with Crippen LogP contribution in [0.25, 0.3) is 5.69 Å². The second kappa shape index (κ2) is 15.0. The minimum Gasteiger partial charge on any atom is -0.495 e. The molecule has 2 saturated heterocycles. The van der Waals surface area contributed by atoms with Crippen molar-refractivity contribution in [2.45, 2.75) is 103 Å². The van der Waals surface area contributed by atoms with Gasteiger partial charge in [0.1, 0.15) is 23.8 Å². The largest absolute Gasteiger partial charge is 0.495 e. The molecule has 12 heteroatoms. The van der Waals surface area contributed by atoms with Crippen LogP contribution in [0.2, 0.25) is 0 Å². The number of ether oxygens (including phenoxy) is 1. The maximum atomic E-state index is 13.4. The number of aromatic nitrogens is 4. The molecular formula is C38H52N10O2. The van der Waals surface area contributed by atoms with Crippen molar-refractivity contribution in [3.8, 4) is 17.5 Å². The van der Waals surface area contributed by atoms with Gasteiger partial charge in [0.15, 0.2) is 11.5 Å². The van der Waals surface area contributed by atoms with E-state index in [1.54, 1.807) is 25.7 Å². The molecular weight excluding hydrogens is 628 g/mol. The molecule has 266 valence electrons. The number of piperidine rings is 2. The Morgan fingerprint density at radius 2 is 1.80 bits per heavy atom. The number of nitrogens with zero attached hydrogens (tertiary/aromatic N) is 8. The first-order valence-corrected chi connectivity index (χ1v) is 18.7. The zero-order valence-corrected chi connectivity index (χ0v) is 30.1. The third-order valence-corrected chi connectivity index (χ3v) is 11.2. The first-order chi connectivity index (χ1) is 24.4. The Morgan fingerprint density at radius 3 is 2.48 bits per heavy atom. The normalized spacial score (nSPS) is 20.8. The summed E-state index contributed by atoms with van der Waals surface area (Å²) in [6.07, 6.45) is 13.3. The molecule has 1 aliphatic carbocycles. The Kier molecular flexibility index (Phi) is 10.2. The van der Waals surface area contributed by atoms with Gasteiger partial charge in [0.2, 0.25) is 5.95 Å². The second-order valence-corrected chi connectivity index (χ2v) is 14.9. The van der Waals surface area contributed by atoms with Crippen LogP contribution >= 0.6 is 0 Å². The number of carbonyl (C=O) groups is 1. The second-order valence-electron chi connectivity index (χ2n) is 14.9. The number of hydrogen-bond donors (Lipinski definition) is 2. The SMILES string of the molecule is CCC1c2c(C#N)ncn2-c2cnc(Nc3ccc(C(=O)NC4CCN(C5CCN(CC(C)C)CC5)CC4)cc3OC)nc2N1C1CCCC1. The number of likely N-dealkylation sites (tertiary alicyclic amines) is 2. The lowest BCUT2D eigenvalue weighted by molar-refractivity contribution is 0.0739. The lowest BCUT2D eigenvalue weighted by Gasteiger charge is -2.42. The average molecular weight is 681 g/mol. The third-order valence-electron chi connectivity index (χ3n) is 11.2. The van der Waals surface area contributed by atoms with Gasteiger partial charge in [-0.2, -0.15) is 10.2 Å². The van der Waals surface area contributed by atoms with E-state index in [1.165, 1.54) is 45.3 Å². The lowest BCUT2D eigenvalue weighted by Crippen LogP contribution is -2.51. The van der Waals surface area contributed by atoms with Crippen LogP contribution in [-0.4, -0.2) is 93.2 Å². The summed E-state index contributed by atoms with van der Waals surface area (Å²) in [6, 6.07) is 8.94. The van der Waals surface area contributed by atoms with E-state index in [9.17, 15) is 10.1 Å². The highest BCUT2D eigenvalue weighted by molar-refractivity contribution is 5.95. The maximum Gasteiger partial charge on any atom is 0.251 e. The molecule has 4 aliphatic rings. The molecule has 3 aromatic rings. The molecule has 12 nitrogen and oxygen atoms in total. The molecule has 0 spiro atoms. The van der Waals surface area contributed by atoms with E-state index in [0.717, 1.165) is 68.3 Å². The highest BCUT2D eigenvalue weighted by atomic mass is 16.5. The molecule has 0 bridgehead atoms. The number of anilines is 3. The van der Waals surface area contributed by atoms with E-state index in [4.69, 9.17) is 9.72 Å². The average Bonchev–Trinajstić information content (AvgIpc) is 3.82. The Labute approximate surface area is 296 Å². The first kappa shape index (κ1) is 34.2.